The molecule has 1 heterocycles. The van der Waals surface area contributed by atoms with E-state index < -0.39 is 11.6 Å². The first kappa shape index (κ1) is 16.9. The quantitative estimate of drug-likeness (QED) is 0.696. The summed E-state index contributed by atoms with van der Waals surface area (Å²) in [5, 5.41) is 14.0. The van der Waals surface area contributed by atoms with Crippen molar-refractivity contribution in [1.29, 1.82) is 0 Å². The number of ether oxygens (including phenoxy) is 1. The minimum atomic E-state index is -1.67. The number of rotatable bonds is 5. The van der Waals surface area contributed by atoms with Gasteiger partial charge in [0.05, 0.1) is 24.9 Å². The molecule has 3 aromatic rings. The number of carbonyl (C=O) groups excluding carboxylic acids is 1. The summed E-state index contributed by atoms with van der Waals surface area (Å²) >= 11 is 0. The molecule has 3 rings (SSSR count). The van der Waals surface area contributed by atoms with E-state index in [9.17, 15) is 9.90 Å². The van der Waals surface area contributed by atoms with Crippen molar-refractivity contribution in [2.24, 2.45) is 0 Å². The van der Waals surface area contributed by atoms with E-state index >= 15 is 0 Å². The second-order valence-electron chi connectivity index (χ2n) is 5.90. The second-order valence-corrected chi connectivity index (χ2v) is 5.90. The maximum absolute atomic E-state index is 11.6. The zero-order valence-corrected chi connectivity index (χ0v) is 14.1. The fraction of sp³-hybridized carbons (Fsp3) is 0.211. The van der Waals surface area contributed by atoms with E-state index in [1.807, 2.05) is 54.6 Å². The lowest BCUT2D eigenvalue weighted by atomic mass is 10.1. The van der Waals surface area contributed by atoms with Gasteiger partial charge in [-0.25, -0.2) is 14.8 Å². The maximum Gasteiger partial charge on any atom is 0.339 e. The van der Waals surface area contributed by atoms with Crippen LogP contribution in [0.25, 0.3) is 22.2 Å². The normalized spacial score (nSPS) is 13.2. The van der Waals surface area contributed by atoms with Crippen LogP contribution < -0.4 is 5.32 Å². The summed E-state index contributed by atoms with van der Waals surface area (Å²) in [6, 6.07) is 17.5. The van der Waals surface area contributed by atoms with Gasteiger partial charge >= 0.3 is 5.97 Å². The lowest BCUT2D eigenvalue weighted by Crippen LogP contribution is -2.43. The number of aromatic nitrogens is 2. The number of para-hydroxylation sites is 1. The number of anilines is 1. The molecule has 0 spiro atoms. The van der Waals surface area contributed by atoms with Gasteiger partial charge in [-0.1, -0.05) is 48.5 Å². The second kappa shape index (κ2) is 6.86. The summed E-state index contributed by atoms with van der Waals surface area (Å²) in [5.41, 5.74) is 0.850. The topological polar surface area (TPSA) is 84.3 Å². The molecule has 1 atom stereocenters. The monoisotopic (exact) mass is 337 g/mol. The Kier molecular flexibility index (Phi) is 4.63. The van der Waals surface area contributed by atoms with Crippen LogP contribution in [0.1, 0.15) is 6.92 Å². The van der Waals surface area contributed by atoms with Crippen molar-refractivity contribution >= 4 is 22.8 Å². The molecule has 0 aliphatic heterocycles. The molecule has 1 aromatic heterocycles. The summed E-state index contributed by atoms with van der Waals surface area (Å²) in [7, 11) is 1.23. The summed E-state index contributed by atoms with van der Waals surface area (Å²) < 4.78 is 4.60. The van der Waals surface area contributed by atoms with Crippen LogP contribution in [-0.4, -0.2) is 40.3 Å². The molecule has 0 amide bonds. The van der Waals surface area contributed by atoms with Gasteiger partial charge < -0.3 is 15.2 Å². The van der Waals surface area contributed by atoms with Crippen LogP contribution in [0, 0.1) is 0 Å². The van der Waals surface area contributed by atoms with Gasteiger partial charge in [-0.2, -0.15) is 0 Å². The highest BCUT2D eigenvalue weighted by atomic mass is 16.5. The van der Waals surface area contributed by atoms with Crippen LogP contribution in [0.4, 0.5) is 5.95 Å². The number of aliphatic hydroxyl groups is 1. The van der Waals surface area contributed by atoms with Gasteiger partial charge in [0.2, 0.25) is 5.95 Å². The van der Waals surface area contributed by atoms with Crippen LogP contribution in [0.2, 0.25) is 0 Å². The Balaban J connectivity index is 1.99. The number of carbonyl (C=O) groups is 1. The van der Waals surface area contributed by atoms with Gasteiger partial charge in [-0.05, 0) is 13.0 Å². The van der Waals surface area contributed by atoms with Crippen molar-refractivity contribution < 1.29 is 14.6 Å². The van der Waals surface area contributed by atoms with Crippen LogP contribution in [-0.2, 0) is 9.53 Å². The predicted molar refractivity (Wildman–Crippen MR) is 96.1 cm³/mol. The molecule has 0 fully saturated rings. The number of nitrogens with zero attached hydrogens (tertiary/aromatic N) is 2. The van der Waals surface area contributed by atoms with Crippen LogP contribution in [0.5, 0.6) is 0 Å². The Labute approximate surface area is 145 Å². The molecule has 0 saturated carbocycles. The Morgan fingerprint density at radius 1 is 1.12 bits per heavy atom. The van der Waals surface area contributed by atoms with Gasteiger partial charge in [0, 0.05) is 10.9 Å². The van der Waals surface area contributed by atoms with E-state index in [0.717, 1.165) is 22.2 Å². The third kappa shape index (κ3) is 3.59. The number of hydrogen-bond acceptors (Lipinski definition) is 6. The van der Waals surface area contributed by atoms with Crippen molar-refractivity contribution in [3.8, 4) is 11.3 Å². The highest BCUT2D eigenvalue weighted by molar-refractivity contribution is 5.93. The minimum Gasteiger partial charge on any atom is -0.467 e. The van der Waals surface area contributed by atoms with E-state index in [1.54, 1.807) is 0 Å². The zero-order valence-electron chi connectivity index (χ0n) is 14.1. The van der Waals surface area contributed by atoms with Gasteiger partial charge in [-0.15, -0.1) is 0 Å². The molecular weight excluding hydrogens is 318 g/mol. The molecule has 0 unspecified atom stereocenters. The Morgan fingerprint density at radius 3 is 2.52 bits per heavy atom. The van der Waals surface area contributed by atoms with Crippen molar-refractivity contribution in [3.63, 3.8) is 0 Å². The third-order valence-corrected chi connectivity index (χ3v) is 3.87. The van der Waals surface area contributed by atoms with Crippen LogP contribution >= 0.6 is 0 Å². The Bertz CT molecular complexity index is 895. The summed E-state index contributed by atoms with van der Waals surface area (Å²) in [6.45, 7) is 1.32. The Hall–Kier alpha value is -2.99. The van der Waals surface area contributed by atoms with E-state index in [2.05, 4.69) is 20.0 Å². The first-order valence-electron chi connectivity index (χ1n) is 7.88. The van der Waals surface area contributed by atoms with E-state index in [0.29, 0.717) is 5.95 Å². The lowest BCUT2D eigenvalue weighted by Gasteiger charge is -2.20. The molecular formula is C19H19N3O3. The fourth-order valence-electron chi connectivity index (χ4n) is 2.51. The molecule has 0 radical (unpaired) electrons. The molecule has 0 bridgehead atoms. The van der Waals surface area contributed by atoms with Gasteiger partial charge in [0.25, 0.3) is 0 Å². The van der Waals surface area contributed by atoms with Gasteiger partial charge in [0.1, 0.15) is 0 Å². The number of methoxy groups -OCH3 is 1. The molecule has 2 aromatic carbocycles. The average molecular weight is 337 g/mol. The molecule has 6 heteroatoms. The molecule has 0 aliphatic rings. The molecule has 128 valence electrons. The summed E-state index contributed by atoms with van der Waals surface area (Å²) in [5.74, 6) is -0.384. The van der Waals surface area contributed by atoms with Crippen molar-refractivity contribution in [1.82, 2.24) is 9.97 Å². The average Bonchev–Trinajstić information content (AvgIpc) is 2.65. The van der Waals surface area contributed by atoms with Crippen LogP contribution in [0.3, 0.4) is 0 Å². The van der Waals surface area contributed by atoms with E-state index in [4.69, 9.17) is 0 Å². The standard InChI is InChI=1S/C19H19N3O3/c1-19(24,17(23)25-2)12-20-18-21-15-11-7-6-10-14(15)16(22-18)13-8-4-3-5-9-13/h3-11,24H,12H2,1-2H3,(H,20,21,22)/t19-/m0/s1. The zero-order chi connectivity index (χ0) is 17.9. The van der Waals surface area contributed by atoms with Crippen molar-refractivity contribution in [3.05, 3.63) is 54.6 Å². The number of esters is 1. The third-order valence-electron chi connectivity index (χ3n) is 3.87. The van der Waals surface area contributed by atoms with E-state index in [-0.39, 0.29) is 6.54 Å². The van der Waals surface area contributed by atoms with Gasteiger partial charge in [-0.3, -0.25) is 0 Å². The summed E-state index contributed by atoms with van der Waals surface area (Å²) in [6.07, 6.45) is 0. The largest absolute Gasteiger partial charge is 0.467 e. The Morgan fingerprint density at radius 2 is 1.80 bits per heavy atom. The highest BCUT2D eigenvalue weighted by Gasteiger charge is 2.31. The van der Waals surface area contributed by atoms with Crippen molar-refractivity contribution in [2.75, 3.05) is 19.0 Å². The number of nitrogens with one attached hydrogen (secondary N) is 1. The minimum absolute atomic E-state index is 0.0633. The highest BCUT2D eigenvalue weighted by Crippen LogP contribution is 2.27. The molecule has 0 saturated heterocycles. The predicted octanol–water partition coefficient (Wildman–Crippen LogP) is 2.63. The number of benzene rings is 2. The molecule has 6 nitrogen and oxygen atoms in total. The smallest absolute Gasteiger partial charge is 0.339 e. The number of hydrogen-bond donors (Lipinski definition) is 2. The first-order valence-corrected chi connectivity index (χ1v) is 7.88. The lowest BCUT2D eigenvalue weighted by molar-refractivity contribution is -0.158. The molecule has 25 heavy (non-hydrogen) atoms. The molecule has 2 N–H and O–H groups in total. The van der Waals surface area contributed by atoms with Crippen LogP contribution in [0.15, 0.2) is 54.6 Å². The van der Waals surface area contributed by atoms with E-state index in [1.165, 1.54) is 14.0 Å². The van der Waals surface area contributed by atoms with Crippen molar-refractivity contribution in [2.45, 2.75) is 12.5 Å². The molecule has 0 aliphatic carbocycles. The van der Waals surface area contributed by atoms with Gasteiger partial charge in [0.15, 0.2) is 5.60 Å². The fourth-order valence-corrected chi connectivity index (χ4v) is 2.51. The SMILES string of the molecule is COC(=O)[C@@](C)(O)CNc1nc(-c2ccccc2)c2ccccc2n1. The summed E-state index contributed by atoms with van der Waals surface area (Å²) in [4.78, 5) is 20.6. The first-order chi connectivity index (χ1) is 12.0. The maximum atomic E-state index is 11.6. The number of fused-ring (bicyclic) bond motifs is 1.